The average molecular weight is 381 g/mol. The summed E-state index contributed by atoms with van der Waals surface area (Å²) in [6.07, 6.45) is 4.61. The lowest BCUT2D eigenvalue weighted by atomic mass is 9.60. The number of ketones is 1. The largest absolute Gasteiger partial charge is 0.497 e. The van der Waals surface area contributed by atoms with Crippen LogP contribution in [0.4, 0.5) is 5.69 Å². The summed E-state index contributed by atoms with van der Waals surface area (Å²) in [4.78, 5) is 26.1. The number of anilines is 1. The highest BCUT2D eigenvalue weighted by molar-refractivity contribution is 6.06. The van der Waals surface area contributed by atoms with Gasteiger partial charge in [0.05, 0.1) is 13.7 Å². The van der Waals surface area contributed by atoms with Crippen molar-refractivity contribution in [3.8, 4) is 5.75 Å². The van der Waals surface area contributed by atoms with Crippen molar-refractivity contribution in [3.63, 3.8) is 0 Å². The first-order valence-corrected chi connectivity index (χ1v) is 10.5. The van der Waals surface area contributed by atoms with Crippen molar-refractivity contribution >= 4 is 17.4 Å². The van der Waals surface area contributed by atoms with Crippen molar-refractivity contribution in [2.75, 3.05) is 19.0 Å². The van der Waals surface area contributed by atoms with E-state index < -0.39 is 0 Å². The number of hydrogen-bond donors (Lipinski definition) is 1. The van der Waals surface area contributed by atoms with Gasteiger partial charge in [0.2, 0.25) is 0 Å². The van der Waals surface area contributed by atoms with Crippen LogP contribution in [0.25, 0.3) is 0 Å². The summed E-state index contributed by atoms with van der Waals surface area (Å²) in [5, 5.41) is 3.73. The van der Waals surface area contributed by atoms with Crippen LogP contribution in [-0.4, -0.2) is 31.5 Å². The van der Waals surface area contributed by atoms with Crippen LogP contribution in [0.3, 0.4) is 0 Å². The van der Waals surface area contributed by atoms with E-state index in [1.54, 1.807) is 7.11 Å². The lowest BCUT2D eigenvalue weighted by Gasteiger charge is -2.43. The Labute approximate surface area is 165 Å². The zero-order valence-corrected chi connectivity index (χ0v) is 16.5. The average Bonchev–Trinajstić information content (AvgIpc) is 3.46. The Balaban J connectivity index is 1.68. The molecule has 2 saturated carbocycles. The molecule has 28 heavy (non-hydrogen) atoms. The molecule has 148 valence electrons. The van der Waals surface area contributed by atoms with Crippen LogP contribution in [0, 0.1) is 17.8 Å². The molecule has 0 aromatic heterocycles. The van der Waals surface area contributed by atoms with Crippen molar-refractivity contribution in [1.82, 2.24) is 0 Å². The maximum Gasteiger partial charge on any atom is 0.334 e. The van der Waals surface area contributed by atoms with E-state index in [1.165, 1.54) is 5.56 Å². The fourth-order valence-electron chi connectivity index (χ4n) is 5.79. The molecule has 0 amide bonds. The molecule has 3 aliphatic carbocycles. The third-order valence-electron chi connectivity index (χ3n) is 6.99. The Morgan fingerprint density at radius 3 is 2.75 bits per heavy atom. The van der Waals surface area contributed by atoms with Crippen LogP contribution >= 0.6 is 0 Å². The van der Waals surface area contributed by atoms with E-state index in [9.17, 15) is 9.59 Å². The summed E-state index contributed by atoms with van der Waals surface area (Å²) < 4.78 is 10.9. The number of rotatable bonds is 4. The van der Waals surface area contributed by atoms with Crippen LogP contribution in [0.15, 0.2) is 29.3 Å². The summed E-state index contributed by atoms with van der Waals surface area (Å²) in [6.45, 7) is 2.17. The molecule has 5 rings (SSSR count). The zero-order valence-electron chi connectivity index (χ0n) is 16.5. The van der Waals surface area contributed by atoms with Crippen LogP contribution in [0.1, 0.15) is 50.5 Å². The maximum atomic E-state index is 13.0. The molecule has 0 radical (unpaired) electrons. The Morgan fingerprint density at radius 2 is 2.04 bits per heavy atom. The molecule has 1 N–H and O–H groups in total. The topological polar surface area (TPSA) is 64.6 Å². The Hall–Kier alpha value is -2.30. The Bertz CT molecular complexity index is 869. The number of carbonyl (C=O) groups excluding carboxylic acids is 2. The molecule has 1 aromatic rings. The number of methoxy groups -OCH3 is 1. The van der Waals surface area contributed by atoms with Crippen LogP contribution < -0.4 is 10.1 Å². The highest BCUT2D eigenvalue weighted by Gasteiger charge is 2.56. The summed E-state index contributed by atoms with van der Waals surface area (Å²) >= 11 is 0. The standard InChI is InChI=1S/C23H27NO4/c1-3-28-23(26)21-18(12-7-8-12)22-19(14-5-4-6-17(25)20(14)21)15-11-13(27-2)9-10-16(15)24-22/h9-12,14,18-19,22,24H,3-8H2,1-2H3/t14-,18-,19+,22+/m1/s1. The first-order chi connectivity index (χ1) is 13.6. The smallest absolute Gasteiger partial charge is 0.334 e. The predicted molar refractivity (Wildman–Crippen MR) is 105 cm³/mol. The van der Waals surface area contributed by atoms with E-state index in [2.05, 4.69) is 17.4 Å². The van der Waals surface area contributed by atoms with Gasteiger partial charge in [-0.3, -0.25) is 4.79 Å². The second-order valence-electron chi connectivity index (χ2n) is 8.48. The van der Waals surface area contributed by atoms with Crippen molar-refractivity contribution in [2.45, 2.75) is 51.0 Å². The number of Topliss-reactive ketones (excluding diaryl/α,β-unsaturated/α-hetero) is 1. The molecule has 0 bridgehead atoms. The summed E-state index contributed by atoms with van der Waals surface area (Å²) in [5.74, 6) is 1.53. The summed E-state index contributed by atoms with van der Waals surface area (Å²) in [6, 6.07) is 6.31. The molecule has 0 spiro atoms. The van der Waals surface area contributed by atoms with Crippen LogP contribution in [-0.2, 0) is 14.3 Å². The van der Waals surface area contributed by atoms with E-state index in [0.29, 0.717) is 24.5 Å². The second kappa shape index (κ2) is 6.64. The van der Waals surface area contributed by atoms with Gasteiger partial charge < -0.3 is 14.8 Å². The molecule has 1 heterocycles. The minimum Gasteiger partial charge on any atom is -0.497 e. The van der Waals surface area contributed by atoms with Gasteiger partial charge in [-0.1, -0.05) is 0 Å². The van der Waals surface area contributed by atoms with Gasteiger partial charge in [-0.15, -0.1) is 0 Å². The monoisotopic (exact) mass is 381 g/mol. The minimum atomic E-state index is -0.275. The SMILES string of the molecule is CCOC(=O)C1=C2C(=O)CCC[C@@H]2[C@H]2c3cc(OC)ccc3N[C@H]2[C@@H]1C1CC1. The highest BCUT2D eigenvalue weighted by Crippen LogP contribution is 2.59. The van der Waals surface area contributed by atoms with Crippen LogP contribution in [0.2, 0.25) is 0 Å². The molecule has 4 atom stereocenters. The number of carbonyl (C=O) groups is 2. The van der Waals surface area contributed by atoms with Crippen molar-refractivity contribution in [3.05, 3.63) is 34.9 Å². The molecule has 0 unspecified atom stereocenters. The Morgan fingerprint density at radius 1 is 1.21 bits per heavy atom. The lowest BCUT2D eigenvalue weighted by Crippen LogP contribution is -2.46. The van der Waals surface area contributed by atoms with Gasteiger partial charge in [0.1, 0.15) is 5.75 Å². The molecule has 5 nitrogen and oxygen atoms in total. The molecular formula is C23H27NO4. The molecule has 1 aromatic carbocycles. The van der Waals surface area contributed by atoms with E-state index in [4.69, 9.17) is 9.47 Å². The quantitative estimate of drug-likeness (QED) is 0.803. The van der Waals surface area contributed by atoms with Crippen molar-refractivity contribution < 1.29 is 19.1 Å². The van der Waals surface area contributed by atoms with Crippen molar-refractivity contribution in [2.24, 2.45) is 17.8 Å². The number of nitrogens with one attached hydrogen (secondary N) is 1. The molecule has 1 aliphatic heterocycles. The number of fused-ring (bicyclic) bond motifs is 5. The normalized spacial score (nSPS) is 30.9. The molecule has 2 fully saturated rings. The molecule has 5 heteroatoms. The second-order valence-corrected chi connectivity index (χ2v) is 8.48. The maximum absolute atomic E-state index is 13.0. The minimum absolute atomic E-state index is 0.0516. The van der Waals surface area contributed by atoms with Gasteiger partial charge in [0, 0.05) is 41.1 Å². The predicted octanol–water partition coefficient (Wildman–Crippen LogP) is 3.84. The number of ether oxygens (including phenoxy) is 2. The first-order valence-electron chi connectivity index (χ1n) is 10.5. The van der Waals surface area contributed by atoms with Gasteiger partial charge >= 0.3 is 5.97 Å². The van der Waals surface area contributed by atoms with Gasteiger partial charge in [0.25, 0.3) is 0 Å². The number of hydrogen-bond acceptors (Lipinski definition) is 5. The third kappa shape index (κ3) is 2.59. The highest BCUT2D eigenvalue weighted by atomic mass is 16.5. The van der Waals surface area contributed by atoms with E-state index in [-0.39, 0.29) is 35.5 Å². The number of esters is 1. The third-order valence-corrected chi connectivity index (χ3v) is 6.99. The van der Waals surface area contributed by atoms with Crippen molar-refractivity contribution in [1.29, 1.82) is 0 Å². The van der Waals surface area contributed by atoms with Gasteiger partial charge in [-0.2, -0.15) is 0 Å². The molecular weight excluding hydrogens is 354 g/mol. The lowest BCUT2D eigenvalue weighted by molar-refractivity contribution is -0.140. The first kappa shape index (κ1) is 17.8. The van der Waals surface area contributed by atoms with Gasteiger partial charge in [-0.25, -0.2) is 4.79 Å². The summed E-state index contributed by atoms with van der Waals surface area (Å²) in [5.41, 5.74) is 3.81. The number of benzene rings is 1. The van der Waals surface area contributed by atoms with E-state index in [0.717, 1.165) is 42.7 Å². The molecule has 4 aliphatic rings. The molecule has 0 saturated heterocycles. The fourth-order valence-corrected chi connectivity index (χ4v) is 5.79. The number of allylic oxidation sites excluding steroid dienone is 1. The fraction of sp³-hybridized carbons (Fsp3) is 0.565. The summed E-state index contributed by atoms with van der Waals surface area (Å²) in [7, 11) is 1.68. The van der Waals surface area contributed by atoms with Gasteiger partial charge in [0.15, 0.2) is 5.78 Å². The van der Waals surface area contributed by atoms with Gasteiger partial charge in [-0.05, 0) is 68.2 Å². The van der Waals surface area contributed by atoms with Crippen LogP contribution in [0.5, 0.6) is 5.75 Å². The Kier molecular flexibility index (Phi) is 4.22. The van der Waals surface area contributed by atoms with E-state index in [1.807, 2.05) is 13.0 Å². The van der Waals surface area contributed by atoms with E-state index >= 15 is 0 Å². The zero-order chi connectivity index (χ0) is 19.4.